The van der Waals surface area contributed by atoms with Gasteiger partial charge in [0.15, 0.2) is 9.84 Å². The molecule has 0 bridgehead atoms. The summed E-state index contributed by atoms with van der Waals surface area (Å²) < 4.78 is 28.5. The lowest BCUT2D eigenvalue weighted by molar-refractivity contribution is 0.102. The summed E-state index contributed by atoms with van der Waals surface area (Å²) in [7, 11) is -2.95. The maximum atomic E-state index is 12.4. The van der Waals surface area contributed by atoms with E-state index < -0.39 is 9.84 Å². The van der Waals surface area contributed by atoms with Gasteiger partial charge in [-0.05, 0) is 37.6 Å². The van der Waals surface area contributed by atoms with E-state index in [0.717, 1.165) is 0 Å². The molecule has 1 saturated heterocycles. The third kappa shape index (κ3) is 4.51. The summed E-state index contributed by atoms with van der Waals surface area (Å²) in [6.07, 6.45) is 2.03. The van der Waals surface area contributed by atoms with E-state index in [1.165, 1.54) is 6.20 Å². The fourth-order valence-corrected chi connectivity index (χ4v) is 4.45. The summed E-state index contributed by atoms with van der Waals surface area (Å²) in [5.41, 5.74) is 0.999. The number of pyridine rings is 1. The molecule has 1 unspecified atom stereocenters. The molecular formula is C18H21N3O4S. The van der Waals surface area contributed by atoms with Crippen LogP contribution in [0.4, 0.5) is 11.5 Å². The largest absolute Gasteiger partial charge is 0.492 e. The topological polar surface area (TPSA) is 97.4 Å². The molecule has 1 aromatic carbocycles. The minimum absolute atomic E-state index is 0.116. The Morgan fingerprint density at radius 1 is 1.27 bits per heavy atom. The summed E-state index contributed by atoms with van der Waals surface area (Å²) in [4.78, 5) is 16.6. The Balaban J connectivity index is 1.64. The molecule has 26 heavy (non-hydrogen) atoms. The van der Waals surface area contributed by atoms with Gasteiger partial charge in [0.1, 0.15) is 11.6 Å². The van der Waals surface area contributed by atoms with Crippen LogP contribution in [0.3, 0.4) is 0 Å². The molecule has 1 aliphatic rings. The van der Waals surface area contributed by atoms with Gasteiger partial charge in [-0.2, -0.15) is 0 Å². The van der Waals surface area contributed by atoms with Gasteiger partial charge >= 0.3 is 0 Å². The van der Waals surface area contributed by atoms with Crippen molar-refractivity contribution in [2.24, 2.45) is 0 Å². The van der Waals surface area contributed by atoms with Crippen molar-refractivity contribution in [1.29, 1.82) is 0 Å². The highest BCUT2D eigenvalue weighted by atomic mass is 32.2. The minimum atomic E-state index is -2.95. The molecule has 0 spiro atoms. The Morgan fingerprint density at radius 3 is 2.73 bits per heavy atom. The van der Waals surface area contributed by atoms with Crippen molar-refractivity contribution in [2.75, 3.05) is 28.7 Å². The van der Waals surface area contributed by atoms with Crippen LogP contribution in [-0.2, 0) is 9.84 Å². The normalized spacial score (nSPS) is 18.3. The van der Waals surface area contributed by atoms with Gasteiger partial charge in [0.05, 0.1) is 29.4 Å². The van der Waals surface area contributed by atoms with Crippen molar-refractivity contribution in [1.82, 2.24) is 4.98 Å². The Morgan fingerprint density at radius 2 is 2.08 bits per heavy atom. The van der Waals surface area contributed by atoms with E-state index in [1.54, 1.807) is 24.3 Å². The number of nitrogens with one attached hydrogen (secondary N) is 2. The Hall–Kier alpha value is -2.61. The Bertz CT molecular complexity index is 882. The molecule has 1 aromatic heterocycles. The number of aromatic nitrogens is 1. The predicted octanol–water partition coefficient (Wildman–Crippen LogP) is 2.33. The maximum absolute atomic E-state index is 12.4. The molecular weight excluding hydrogens is 354 g/mol. The molecule has 2 heterocycles. The van der Waals surface area contributed by atoms with E-state index in [4.69, 9.17) is 4.74 Å². The monoisotopic (exact) mass is 375 g/mol. The zero-order chi connectivity index (χ0) is 18.6. The second kappa shape index (κ2) is 7.74. The molecule has 7 nitrogen and oxygen atoms in total. The maximum Gasteiger partial charge on any atom is 0.257 e. The number of rotatable bonds is 6. The number of hydrogen-bond acceptors (Lipinski definition) is 6. The number of para-hydroxylation sites is 2. The lowest BCUT2D eigenvalue weighted by atomic mass is 10.2. The molecule has 3 rings (SSSR count). The minimum Gasteiger partial charge on any atom is -0.492 e. The smallest absolute Gasteiger partial charge is 0.257 e. The van der Waals surface area contributed by atoms with Crippen molar-refractivity contribution in [3.05, 3.63) is 48.2 Å². The summed E-state index contributed by atoms with van der Waals surface area (Å²) in [6.45, 7) is 2.38. The SMILES string of the molecule is CCOc1ccccc1NC(=O)c1ccc(NC2CCS(=O)(=O)C2)nc1. The molecule has 1 aliphatic heterocycles. The highest BCUT2D eigenvalue weighted by Gasteiger charge is 2.27. The van der Waals surface area contributed by atoms with Gasteiger partial charge in [-0.15, -0.1) is 0 Å². The first kappa shape index (κ1) is 18.2. The zero-order valence-electron chi connectivity index (χ0n) is 14.4. The molecule has 1 atom stereocenters. The van der Waals surface area contributed by atoms with Crippen LogP contribution in [0, 0.1) is 0 Å². The molecule has 2 aromatic rings. The lowest BCUT2D eigenvalue weighted by Gasteiger charge is -2.13. The number of nitrogens with zero attached hydrogens (tertiary/aromatic N) is 1. The van der Waals surface area contributed by atoms with Crippen molar-refractivity contribution < 1.29 is 17.9 Å². The molecule has 0 aliphatic carbocycles. The average Bonchev–Trinajstić information content (AvgIpc) is 2.96. The fraction of sp³-hybridized carbons (Fsp3) is 0.333. The molecule has 1 fully saturated rings. The number of amides is 1. The van der Waals surface area contributed by atoms with Gasteiger partial charge < -0.3 is 15.4 Å². The van der Waals surface area contributed by atoms with Gasteiger partial charge in [-0.25, -0.2) is 13.4 Å². The van der Waals surface area contributed by atoms with Crippen LogP contribution >= 0.6 is 0 Å². The van der Waals surface area contributed by atoms with Crippen LogP contribution in [0.2, 0.25) is 0 Å². The predicted molar refractivity (Wildman–Crippen MR) is 100 cm³/mol. The van der Waals surface area contributed by atoms with Crippen LogP contribution in [0.25, 0.3) is 0 Å². The summed E-state index contributed by atoms with van der Waals surface area (Å²) in [5.74, 6) is 1.19. The molecule has 0 radical (unpaired) electrons. The second-order valence-corrected chi connectivity index (χ2v) is 8.29. The second-order valence-electron chi connectivity index (χ2n) is 6.06. The standard InChI is InChI=1S/C18H21N3O4S/c1-2-25-16-6-4-3-5-15(16)21-18(22)13-7-8-17(19-11-13)20-14-9-10-26(23,24)12-14/h3-8,11,14H,2,9-10,12H2,1H3,(H,19,20)(H,21,22). The number of anilines is 2. The fourth-order valence-electron chi connectivity index (χ4n) is 2.78. The van der Waals surface area contributed by atoms with E-state index >= 15 is 0 Å². The van der Waals surface area contributed by atoms with Crippen LogP contribution in [-0.4, -0.2) is 43.5 Å². The van der Waals surface area contributed by atoms with E-state index in [9.17, 15) is 13.2 Å². The first-order valence-corrected chi connectivity index (χ1v) is 10.2. The van der Waals surface area contributed by atoms with E-state index in [0.29, 0.717) is 35.8 Å². The van der Waals surface area contributed by atoms with E-state index in [-0.39, 0.29) is 23.5 Å². The van der Waals surface area contributed by atoms with E-state index in [2.05, 4.69) is 15.6 Å². The average molecular weight is 375 g/mol. The summed E-state index contributed by atoms with van der Waals surface area (Å²) in [5, 5.41) is 5.91. The molecule has 0 saturated carbocycles. The summed E-state index contributed by atoms with van der Waals surface area (Å²) in [6, 6.07) is 10.4. The quantitative estimate of drug-likeness (QED) is 0.804. The van der Waals surface area contributed by atoms with Gasteiger partial charge in [0.2, 0.25) is 0 Å². The van der Waals surface area contributed by atoms with Gasteiger partial charge in [-0.1, -0.05) is 12.1 Å². The Kier molecular flexibility index (Phi) is 5.41. The number of carbonyl (C=O) groups excluding carboxylic acids is 1. The third-order valence-corrected chi connectivity index (χ3v) is 5.81. The van der Waals surface area contributed by atoms with E-state index in [1.807, 2.05) is 19.1 Å². The van der Waals surface area contributed by atoms with Crippen molar-refractivity contribution >= 4 is 27.2 Å². The van der Waals surface area contributed by atoms with Gasteiger partial charge in [-0.3, -0.25) is 4.79 Å². The first-order chi connectivity index (χ1) is 12.5. The Labute approximate surface area is 152 Å². The van der Waals surface area contributed by atoms with Crippen LogP contribution in [0.15, 0.2) is 42.6 Å². The molecule has 1 amide bonds. The molecule has 2 N–H and O–H groups in total. The highest BCUT2D eigenvalue weighted by molar-refractivity contribution is 7.91. The van der Waals surface area contributed by atoms with Gasteiger partial charge in [0, 0.05) is 12.2 Å². The number of carbonyl (C=O) groups is 1. The van der Waals surface area contributed by atoms with Crippen LogP contribution < -0.4 is 15.4 Å². The molecule has 8 heteroatoms. The summed E-state index contributed by atoms with van der Waals surface area (Å²) >= 11 is 0. The number of ether oxygens (including phenoxy) is 1. The van der Waals surface area contributed by atoms with Crippen molar-refractivity contribution in [3.8, 4) is 5.75 Å². The van der Waals surface area contributed by atoms with Gasteiger partial charge in [0.25, 0.3) is 5.91 Å². The van der Waals surface area contributed by atoms with Crippen LogP contribution in [0.1, 0.15) is 23.7 Å². The number of benzene rings is 1. The van der Waals surface area contributed by atoms with Crippen molar-refractivity contribution in [2.45, 2.75) is 19.4 Å². The number of hydrogen-bond donors (Lipinski definition) is 2. The highest BCUT2D eigenvalue weighted by Crippen LogP contribution is 2.24. The zero-order valence-corrected chi connectivity index (χ0v) is 15.3. The lowest BCUT2D eigenvalue weighted by Crippen LogP contribution is -2.21. The first-order valence-electron chi connectivity index (χ1n) is 8.43. The third-order valence-electron chi connectivity index (χ3n) is 4.05. The van der Waals surface area contributed by atoms with Crippen LogP contribution in [0.5, 0.6) is 5.75 Å². The molecule has 138 valence electrons. The number of sulfone groups is 1. The van der Waals surface area contributed by atoms with Crippen molar-refractivity contribution in [3.63, 3.8) is 0 Å².